The molecule has 0 spiro atoms. The monoisotopic (exact) mass is 310 g/mol. The topological polar surface area (TPSA) is 52.6 Å². The van der Waals surface area contributed by atoms with Gasteiger partial charge in [-0.25, -0.2) is 0 Å². The number of likely N-dealkylation sites (tertiary alicyclic amines) is 1. The highest BCUT2D eigenvalue weighted by Crippen LogP contribution is 2.22. The number of benzene rings is 1. The number of carbonyl (C=O) groups excluding carboxylic acids is 1. The summed E-state index contributed by atoms with van der Waals surface area (Å²) in [5, 5.41) is 14.2. The molecule has 5 heteroatoms. The van der Waals surface area contributed by atoms with Crippen LogP contribution in [0.15, 0.2) is 24.3 Å². The van der Waals surface area contributed by atoms with Crippen molar-refractivity contribution in [2.75, 3.05) is 19.6 Å². The third-order valence-corrected chi connectivity index (χ3v) is 4.20. The van der Waals surface area contributed by atoms with Crippen LogP contribution in [0.5, 0.6) is 0 Å². The average Bonchev–Trinajstić information content (AvgIpc) is 2.83. The Hall–Kier alpha value is -1.10. The largest absolute Gasteiger partial charge is 0.390 e. The predicted octanol–water partition coefficient (Wildman–Crippen LogP) is 2.15. The molecule has 4 nitrogen and oxygen atoms in total. The van der Waals surface area contributed by atoms with Gasteiger partial charge in [0, 0.05) is 36.6 Å². The van der Waals surface area contributed by atoms with Crippen molar-refractivity contribution in [3.63, 3.8) is 0 Å². The van der Waals surface area contributed by atoms with E-state index >= 15 is 0 Å². The number of halogens is 1. The maximum absolute atomic E-state index is 11.5. The maximum Gasteiger partial charge on any atom is 0.222 e. The Balaban J connectivity index is 1.85. The highest BCUT2D eigenvalue weighted by atomic mass is 35.5. The number of aliphatic hydroxyl groups is 1. The first-order valence-corrected chi connectivity index (χ1v) is 7.73. The molecule has 0 aliphatic carbocycles. The summed E-state index contributed by atoms with van der Waals surface area (Å²) in [7, 11) is 0. The smallest absolute Gasteiger partial charge is 0.222 e. The van der Waals surface area contributed by atoms with E-state index in [1.54, 1.807) is 4.90 Å². The molecule has 1 atom stereocenters. The first-order valence-electron chi connectivity index (χ1n) is 7.35. The third kappa shape index (κ3) is 4.43. The van der Waals surface area contributed by atoms with Crippen molar-refractivity contribution in [3.8, 4) is 0 Å². The second kappa shape index (κ2) is 6.77. The van der Waals surface area contributed by atoms with E-state index in [-0.39, 0.29) is 11.4 Å². The summed E-state index contributed by atoms with van der Waals surface area (Å²) in [6.45, 7) is 5.73. The van der Waals surface area contributed by atoms with Gasteiger partial charge in [0.1, 0.15) is 0 Å². The number of amides is 1. The van der Waals surface area contributed by atoms with Crippen LogP contribution in [0.25, 0.3) is 0 Å². The predicted molar refractivity (Wildman–Crippen MR) is 84.3 cm³/mol. The minimum Gasteiger partial charge on any atom is -0.390 e. The molecule has 1 aliphatic heterocycles. The maximum atomic E-state index is 11.5. The van der Waals surface area contributed by atoms with Gasteiger partial charge < -0.3 is 15.3 Å². The summed E-state index contributed by atoms with van der Waals surface area (Å²) in [6, 6.07) is 7.68. The number of hydrogen-bond donors (Lipinski definition) is 2. The lowest BCUT2D eigenvalue weighted by Crippen LogP contribution is -2.45. The van der Waals surface area contributed by atoms with Crippen molar-refractivity contribution in [1.82, 2.24) is 10.2 Å². The lowest BCUT2D eigenvalue weighted by atomic mass is 9.94. The molecule has 2 N–H and O–H groups in total. The quantitative estimate of drug-likeness (QED) is 0.846. The van der Waals surface area contributed by atoms with Gasteiger partial charge in [-0.05, 0) is 38.0 Å². The normalized spacial score (nSPS) is 17.3. The van der Waals surface area contributed by atoms with Crippen LogP contribution in [0.1, 0.15) is 32.3 Å². The van der Waals surface area contributed by atoms with Gasteiger partial charge in [-0.2, -0.15) is 0 Å². The summed E-state index contributed by atoms with van der Waals surface area (Å²) < 4.78 is 0. The molecule has 0 bridgehead atoms. The molecule has 1 aliphatic rings. The number of hydrogen-bond acceptors (Lipinski definition) is 3. The zero-order valence-corrected chi connectivity index (χ0v) is 13.4. The lowest BCUT2D eigenvalue weighted by molar-refractivity contribution is -0.128. The Morgan fingerprint density at radius 2 is 2.05 bits per heavy atom. The van der Waals surface area contributed by atoms with Crippen molar-refractivity contribution >= 4 is 17.5 Å². The van der Waals surface area contributed by atoms with Gasteiger partial charge in [-0.3, -0.25) is 4.79 Å². The number of nitrogens with zero attached hydrogens (tertiary/aromatic N) is 1. The van der Waals surface area contributed by atoms with Crippen LogP contribution in [0.2, 0.25) is 5.02 Å². The summed E-state index contributed by atoms with van der Waals surface area (Å²) in [5.74, 6) is 0.144. The molecule has 0 radical (unpaired) electrons. The Morgan fingerprint density at radius 3 is 2.62 bits per heavy atom. The van der Waals surface area contributed by atoms with Gasteiger partial charge in [0.2, 0.25) is 5.91 Å². The molecule has 0 aromatic heterocycles. The fourth-order valence-electron chi connectivity index (χ4n) is 2.56. The third-order valence-electron chi connectivity index (χ3n) is 3.95. The SMILES string of the molecule is CC(C)(NC[C@H](O)CN1CCCC1=O)c1ccc(Cl)cc1. The standard InChI is InChI=1S/C16H23ClN2O2/c1-16(2,12-5-7-13(17)8-6-12)18-10-14(20)11-19-9-3-4-15(19)21/h5-8,14,18,20H,3-4,9-11H2,1-2H3/t14-/m0/s1. The van der Waals surface area contributed by atoms with E-state index in [2.05, 4.69) is 19.2 Å². The van der Waals surface area contributed by atoms with Crippen molar-refractivity contribution in [2.45, 2.75) is 38.3 Å². The molecule has 0 saturated carbocycles. The first kappa shape index (κ1) is 16.3. The highest BCUT2D eigenvalue weighted by molar-refractivity contribution is 6.30. The highest BCUT2D eigenvalue weighted by Gasteiger charge is 2.25. The van der Waals surface area contributed by atoms with Crippen LogP contribution < -0.4 is 5.32 Å². The van der Waals surface area contributed by atoms with E-state index in [0.717, 1.165) is 18.5 Å². The number of rotatable bonds is 6. The Labute approximate surface area is 131 Å². The van der Waals surface area contributed by atoms with Crippen LogP contribution in [0, 0.1) is 0 Å². The molecule has 1 amide bonds. The Bertz CT molecular complexity index is 488. The van der Waals surface area contributed by atoms with Crippen LogP contribution in [-0.4, -0.2) is 41.7 Å². The van der Waals surface area contributed by atoms with Gasteiger partial charge >= 0.3 is 0 Å². The van der Waals surface area contributed by atoms with Crippen molar-refractivity contribution in [2.24, 2.45) is 0 Å². The second-order valence-corrected chi connectivity index (χ2v) is 6.55. The van der Waals surface area contributed by atoms with Crippen LogP contribution in [0.4, 0.5) is 0 Å². The van der Waals surface area contributed by atoms with E-state index in [1.807, 2.05) is 24.3 Å². The molecule has 21 heavy (non-hydrogen) atoms. The minimum absolute atomic E-state index is 0.144. The van der Waals surface area contributed by atoms with E-state index in [9.17, 15) is 9.90 Å². The summed E-state index contributed by atoms with van der Waals surface area (Å²) >= 11 is 5.90. The molecular formula is C16H23ClN2O2. The molecular weight excluding hydrogens is 288 g/mol. The van der Waals surface area contributed by atoms with E-state index in [1.165, 1.54) is 0 Å². The summed E-state index contributed by atoms with van der Waals surface area (Å²) in [6.07, 6.45) is 0.949. The molecule has 116 valence electrons. The fourth-order valence-corrected chi connectivity index (χ4v) is 2.68. The molecule has 0 unspecified atom stereocenters. The number of carbonyl (C=O) groups is 1. The summed E-state index contributed by atoms with van der Waals surface area (Å²) in [4.78, 5) is 13.3. The van der Waals surface area contributed by atoms with E-state index < -0.39 is 6.10 Å². The van der Waals surface area contributed by atoms with Crippen LogP contribution in [-0.2, 0) is 10.3 Å². The van der Waals surface area contributed by atoms with Gasteiger partial charge in [0.15, 0.2) is 0 Å². The Kier molecular flexibility index (Phi) is 5.25. The zero-order chi connectivity index (χ0) is 15.5. The minimum atomic E-state index is -0.557. The van der Waals surface area contributed by atoms with Crippen LogP contribution >= 0.6 is 11.6 Å². The zero-order valence-electron chi connectivity index (χ0n) is 12.6. The fraction of sp³-hybridized carbons (Fsp3) is 0.562. The van der Waals surface area contributed by atoms with Gasteiger partial charge in [0.05, 0.1) is 6.10 Å². The molecule has 1 fully saturated rings. The van der Waals surface area contributed by atoms with Crippen LogP contribution in [0.3, 0.4) is 0 Å². The molecule has 1 saturated heterocycles. The van der Waals surface area contributed by atoms with Crippen molar-refractivity contribution in [3.05, 3.63) is 34.9 Å². The van der Waals surface area contributed by atoms with Gasteiger partial charge in [-0.1, -0.05) is 23.7 Å². The van der Waals surface area contributed by atoms with Gasteiger partial charge in [-0.15, -0.1) is 0 Å². The number of nitrogens with one attached hydrogen (secondary N) is 1. The van der Waals surface area contributed by atoms with E-state index in [4.69, 9.17) is 11.6 Å². The van der Waals surface area contributed by atoms with Crippen molar-refractivity contribution in [1.29, 1.82) is 0 Å². The van der Waals surface area contributed by atoms with E-state index in [0.29, 0.717) is 24.5 Å². The average molecular weight is 311 g/mol. The molecule has 2 rings (SSSR count). The Morgan fingerprint density at radius 1 is 1.38 bits per heavy atom. The molecule has 1 heterocycles. The van der Waals surface area contributed by atoms with Crippen molar-refractivity contribution < 1.29 is 9.90 Å². The van der Waals surface area contributed by atoms with Gasteiger partial charge in [0.25, 0.3) is 0 Å². The summed E-state index contributed by atoms with van der Waals surface area (Å²) in [5.41, 5.74) is 0.844. The molecule has 1 aromatic rings. The number of aliphatic hydroxyl groups excluding tert-OH is 1. The first-order chi connectivity index (χ1) is 9.88. The second-order valence-electron chi connectivity index (χ2n) is 6.11. The number of β-amino-alcohol motifs (C(OH)–C–C–N with tert-alkyl or cyclic N) is 1. The lowest BCUT2D eigenvalue weighted by Gasteiger charge is -2.29. The molecule has 1 aromatic carbocycles.